The van der Waals surface area contributed by atoms with Gasteiger partial charge in [-0.1, -0.05) is 48.5 Å². The van der Waals surface area contributed by atoms with Crippen LogP contribution < -0.4 is 5.32 Å². The van der Waals surface area contributed by atoms with Gasteiger partial charge in [0, 0.05) is 11.8 Å². The molecule has 0 spiro atoms. The number of rotatable bonds is 6. The predicted molar refractivity (Wildman–Crippen MR) is 147 cm³/mol. The van der Waals surface area contributed by atoms with Crippen molar-refractivity contribution in [3.63, 3.8) is 0 Å². The van der Waals surface area contributed by atoms with E-state index in [0.717, 1.165) is 25.9 Å². The Hall–Kier alpha value is -1.16. The highest BCUT2D eigenvalue weighted by Crippen LogP contribution is 2.78. The van der Waals surface area contributed by atoms with Crippen molar-refractivity contribution >= 4 is 5.91 Å². The minimum atomic E-state index is -0.716. The van der Waals surface area contributed by atoms with Crippen LogP contribution in [0.15, 0.2) is 0 Å². The topological polar surface area (TPSA) is 103 Å². The maximum atomic E-state index is 13.5. The molecule has 0 aromatic heterocycles. The van der Waals surface area contributed by atoms with Gasteiger partial charge in [-0.3, -0.25) is 4.79 Å². The summed E-state index contributed by atoms with van der Waals surface area (Å²) in [4.78, 5) is 13.5. The van der Waals surface area contributed by atoms with Gasteiger partial charge < -0.3 is 20.3 Å². The van der Waals surface area contributed by atoms with E-state index in [1.165, 1.54) is 25.7 Å². The Labute approximate surface area is 230 Å². The third-order valence-corrected chi connectivity index (χ3v) is 13.6. The Kier molecular flexibility index (Phi) is 6.66. The maximum absolute atomic E-state index is 13.5. The Morgan fingerprint density at radius 3 is 2.34 bits per heavy atom. The third-order valence-electron chi connectivity index (χ3n) is 13.6. The first-order chi connectivity index (χ1) is 17.7. The number of aliphatic hydroxyl groups is 2. The molecule has 5 rings (SSSR count). The number of nitriles is 1. The van der Waals surface area contributed by atoms with Gasteiger partial charge in [-0.05, 0) is 95.7 Å². The van der Waals surface area contributed by atoms with E-state index < -0.39 is 11.5 Å². The van der Waals surface area contributed by atoms with Gasteiger partial charge in [0.05, 0.1) is 38.0 Å². The van der Waals surface area contributed by atoms with Crippen LogP contribution in [-0.2, 0) is 9.53 Å². The van der Waals surface area contributed by atoms with Crippen LogP contribution in [0.25, 0.3) is 0 Å². The van der Waals surface area contributed by atoms with Crippen LogP contribution >= 0.6 is 0 Å². The van der Waals surface area contributed by atoms with Gasteiger partial charge in [0.25, 0.3) is 0 Å². The Morgan fingerprint density at radius 2 is 1.74 bits per heavy atom. The zero-order valence-corrected chi connectivity index (χ0v) is 24.9. The highest BCUT2D eigenvalue weighted by Gasteiger charge is 2.74. The van der Waals surface area contributed by atoms with Crippen molar-refractivity contribution in [1.82, 2.24) is 5.32 Å². The van der Waals surface area contributed by atoms with E-state index >= 15 is 0 Å². The molecule has 1 saturated heterocycles. The summed E-state index contributed by atoms with van der Waals surface area (Å²) in [7, 11) is 0. The molecule has 0 aromatic carbocycles. The summed E-state index contributed by atoms with van der Waals surface area (Å²) in [6, 6.07) is 1.90. The molecule has 0 radical (unpaired) electrons. The van der Waals surface area contributed by atoms with Crippen LogP contribution in [0.1, 0.15) is 99.8 Å². The molecule has 2 bridgehead atoms. The van der Waals surface area contributed by atoms with Crippen molar-refractivity contribution < 1.29 is 19.7 Å². The van der Waals surface area contributed by atoms with Crippen LogP contribution in [0.5, 0.6) is 0 Å². The van der Waals surface area contributed by atoms with E-state index in [1.54, 1.807) is 0 Å². The number of fused-ring (bicyclic) bond motifs is 3. The van der Waals surface area contributed by atoms with E-state index in [4.69, 9.17) is 4.74 Å². The molecule has 5 aliphatic rings. The van der Waals surface area contributed by atoms with Crippen LogP contribution in [-0.4, -0.2) is 48.1 Å². The highest BCUT2D eigenvalue weighted by molar-refractivity contribution is 5.82. The molecule has 38 heavy (non-hydrogen) atoms. The van der Waals surface area contributed by atoms with Gasteiger partial charge in [-0.25, -0.2) is 0 Å². The molecule has 1 aliphatic heterocycles. The molecule has 4 aliphatic carbocycles. The average Bonchev–Trinajstić information content (AvgIpc) is 3.32. The van der Waals surface area contributed by atoms with Gasteiger partial charge in [0.2, 0.25) is 5.91 Å². The zero-order chi connectivity index (χ0) is 27.9. The second-order valence-electron chi connectivity index (χ2n) is 16.0. The van der Waals surface area contributed by atoms with Crippen LogP contribution in [0.4, 0.5) is 0 Å². The monoisotopic (exact) mass is 528 g/mol. The number of carbonyl (C=O) groups excluding carboxylic acids is 1. The van der Waals surface area contributed by atoms with E-state index in [0.29, 0.717) is 35.7 Å². The van der Waals surface area contributed by atoms with Crippen molar-refractivity contribution in [2.45, 2.75) is 112 Å². The SMILES string of the molecule is CC(C)(C(=O)NC(CO)CO)C1CC[C@]2(C)C(CCC3C4[C@H]5OCC4(CC[C@]32C)CC5(C)C)[C@@]1(C)CC#N. The number of hydrogen-bond acceptors (Lipinski definition) is 5. The number of aliphatic hydroxyl groups excluding tert-OH is 2. The Morgan fingerprint density at radius 1 is 1.05 bits per heavy atom. The second kappa shape index (κ2) is 8.92. The Bertz CT molecular complexity index is 1000. The first kappa shape index (κ1) is 28.4. The van der Waals surface area contributed by atoms with Gasteiger partial charge in [0.1, 0.15) is 0 Å². The lowest BCUT2D eigenvalue weighted by atomic mass is 9.33. The lowest BCUT2D eigenvalue weighted by Gasteiger charge is -2.70. The van der Waals surface area contributed by atoms with Crippen molar-refractivity contribution in [2.75, 3.05) is 19.8 Å². The fraction of sp³-hybridized carbons (Fsp3) is 0.938. The average molecular weight is 529 g/mol. The first-order valence-corrected chi connectivity index (χ1v) is 15.2. The largest absolute Gasteiger partial charge is 0.394 e. The fourth-order valence-electron chi connectivity index (χ4n) is 11.8. The highest BCUT2D eigenvalue weighted by atomic mass is 16.5. The van der Waals surface area contributed by atoms with Gasteiger partial charge >= 0.3 is 0 Å². The maximum Gasteiger partial charge on any atom is 0.226 e. The lowest BCUT2D eigenvalue weighted by molar-refractivity contribution is -0.221. The molecule has 1 heterocycles. The molecular weight excluding hydrogens is 476 g/mol. The summed E-state index contributed by atoms with van der Waals surface area (Å²) in [5.41, 5.74) is -0.0983. The summed E-state index contributed by atoms with van der Waals surface area (Å²) in [5, 5.41) is 32.2. The number of carbonyl (C=O) groups is 1. The molecule has 3 N–H and O–H groups in total. The normalized spacial score (nSPS) is 47.1. The van der Waals surface area contributed by atoms with Gasteiger partial charge in [-0.15, -0.1) is 0 Å². The zero-order valence-electron chi connectivity index (χ0n) is 24.9. The van der Waals surface area contributed by atoms with Crippen molar-refractivity contribution in [3.05, 3.63) is 0 Å². The van der Waals surface area contributed by atoms with Crippen molar-refractivity contribution in [2.24, 2.45) is 56.2 Å². The van der Waals surface area contributed by atoms with Crippen molar-refractivity contribution in [3.8, 4) is 6.07 Å². The number of nitrogens with zero attached hydrogens (tertiary/aromatic N) is 1. The predicted octanol–water partition coefficient (Wildman–Crippen LogP) is 5.08. The number of hydrogen-bond donors (Lipinski definition) is 3. The minimum Gasteiger partial charge on any atom is -0.394 e. The molecule has 0 aromatic rings. The second-order valence-corrected chi connectivity index (χ2v) is 16.0. The summed E-state index contributed by atoms with van der Waals surface area (Å²) in [6.45, 7) is 16.6. The smallest absolute Gasteiger partial charge is 0.226 e. The summed E-state index contributed by atoms with van der Waals surface area (Å²) in [5.74, 6) is 1.58. The number of amides is 1. The van der Waals surface area contributed by atoms with E-state index in [2.05, 4.69) is 46.0 Å². The third kappa shape index (κ3) is 3.56. The van der Waals surface area contributed by atoms with E-state index in [1.807, 2.05) is 13.8 Å². The quantitative estimate of drug-likeness (QED) is 0.446. The summed E-state index contributed by atoms with van der Waals surface area (Å²) >= 11 is 0. The first-order valence-electron chi connectivity index (χ1n) is 15.2. The molecule has 4 saturated carbocycles. The molecule has 5 unspecified atom stereocenters. The van der Waals surface area contributed by atoms with E-state index in [9.17, 15) is 20.3 Å². The molecule has 214 valence electrons. The van der Waals surface area contributed by atoms with Gasteiger partial charge in [0.15, 0.2) is 0 Å². The van der Waals surface area contributed by atoms with Crippen LogP contribution in [0, 0.1) is 67.5 Å². The van der Waals surface area contributed by atoms with Crippen LogP contribution in [0.2, 0.25) is 0 Å². The number of nitrogens with one attached hydrogen (secondary N) is 1. The van der Waals surface area contributed by atoms with Gasteiger partial charge in [-0.2, -0.15) is 5.26 Å². The lowest BCUT2D eigenvalue weighted by Crippen LogP contribution is -2.65. The van der Waals surface area contributed by atoms with Crippen molar-refractivity contribution in [1.29, 1.82) is 5.26 Å². The van der Waals surface area contributed by atoms with Crippen LogP contribution in [0.3, 0.4) is 0 Å². The molecular formula is C32H52N2O4. The fourth-order valence-corrected chi connectivity index (χ4v) is 11.8. The minimum absolute atomic E-state index is 0.0470. The Balaban J connectivity index is 1.49. The molecule has 6 nitrogen and oxygen atoms in total. The molecule has 5 fully saturated rings. The summed E-state index contributed by atoms with van der Waals surface area (Å²) in [6.07, 6.45) is 8.89. The standard InChI is InChI=1S/C32H52N2O4/c1-27(2)18-32-13-12-30(6)21(24(32)25(27)38-19-32)8-9-23-29(5,14-15-33)22(10-11-31(23,30)7)28(3,4)26(37)34-20(16-35)17-36/h20-25,35-36H,8-14,16-19H2,1-7H3,(H,34,37)/t21?,22?,23?,24?,25-,29+,30-,31-,32?/m1/s1. The number of ether oxygens (including phenoxy) is 1. The molecule has 1 amide bonds. The van der Waals surface area contributed by atoms with E-state index in [-0.39, 0.29) is 46.7 Å². The summed E-state index contributed by atoms with van der Waals surface area (Å²) < 4.78 is 6.56. The molecule has 6 heteroatoms. The molecule has 9 atom stereocenters.